The van der Waals surface area contributed by atoms with Crippen LogP contribution in [0.15, 0.2) is 24.3 Å². The van der Waals surface area contributed by atoms with Gasteiger partial charge in [-0.3, -0.25) is 0 Å². The van der Waals surface area contributed by atoms with Crippen molar-refractivity contribution in [1.82, 2.24) is 4.90 Å². The van der Waals surface area contributed by atoms with Crippen LogP contribution in [-0.2, 0) is 16.4 Å². The summed E-state index contributed by atoms with van der Waals surface area (Å²) in [5.41, 5.74) is 1.09. The minimum atomic E-state index is -2.89. The van der Waals surface area contributed by atoms with Crippen LogP contribution in [0.2, 0.25) is 5.02 Å². The van der Waals surface area contributed by atoms with Crippen molar-refractivity contribution >= 4 is 21.4 Å². The first kappa shape index (κ1) is 13.5. The summed E-state index contributed by atoms with van der Waals surface area (Å²) in [7, 11) is -0.992. The Balaban J connectivity index is 2.49. The molecule has 0 saturated heterocycles. The fourth-order valence-corrected chi connectivity index (χ4v) is 2.20. The van der Waals surface area contributed by atoms with E-state index in [4.69, 9.17) is 11.6 Å². The van der Waals surface area contributed by atoms with Crippen LogP contribution in [0.5, 0.6) is 0 Å². The molecule has 0 fully saturated rings. The molecular formula is C11H16ClNO2S. The lowest BCUT2D eigenvalue weighted by Crippen LogP contribution is -2.24. The Kier molecular flexibility index (Phi) is 4.77. The second kappa shape index (κ2) is 5.66. The van der Waals surface area contributed by atoms with Gasteiger partial charge in [-0.2, -0.15) is 0 Å². The topological polar surface area (TPSA) is 37.4 Å². The Morgan fingerprint density at radius 2 is 2.06 bits per heavy atom. The molecule has 3 nitrogen and oxygen atoms in total. The molecule has 0 spiro atoms. The van der Waals surface area contributed by atoms with Crippen molar-refractivity contribution in [2.45, 2.75) is 6.54 Å². The van der Waals surface area contributed by atoms with Crippen molar-refractivity contribution in [2.75, 3.05) is 25.6 Å². The first-order valence-corrected chi connectivity index (χ1v) is 7.41. The zero-order valence-corrected chi connectivity index (χ0v) is 11.1. The van der Waals surface area contributed by atoms with Crippen LogP contribution in [0.25, 0.3) is 0 Å². The highest BCUT2D eigenvalue weighted by molar-refractivity contribution is 7.90. The van der Waals surface area contributed by atoms with Crippen LogP contribution < -0.4 is 0 Å². The van der Waals surface area contributed by atoms with Gasteiger partial charge in [-0.15, -0.1) is 0 Å². The van der Waals surface area contributed by atoms with Crippen LogP contribution in [0.3, 0.4) is 0 Å². The number of hydrogen-bond donors (Lipinski definition) is 0. The highest BCUT2D eigenvalue weighted by Crippen LogP contribution is 2.11. The number of hydrogen-bond acceptors (Lipinski definition) is 3. The van der Waals surface area contributed by atoms with Crippen molar-refractivity contribution in [3.05, 3.63) is 34.9 Å². The zero-order valence-electron chi connectivity index (χ0n) is 9.48. The fourth-order valence-electron chi connectivity index (χ4n) is 1.35. The molecule has 0 aromatic heterocycles. The Bertz CT molecular complexity index is 445. The summed E-state index contributed by atoms with van der Waals surface area (Å²) in [6.07, 6.45) is 1.25. The minimum absolute atomic E-state index is 0.185. The van der Waals surface area contributed by atoms with Gasteiger partial charge in [-0.25, -0.2) is 8.42 Å². The molecule has 0 aliphatic heterocycles. The maximum Gasteiger partial charge on any atom is 0.148 e. The van der Waals surface area contributed by atoms with Crippen molar-refractivity contribution in [3.63, 3.8) is 0 Å². The second-order valence-electron chi connectivity index (χ2n) is 4.00. The van der Waals surface area contributed by atoms with E-state index in [0.29, 0.717) is 18.1 Å². The van der Waals surface area contributed by atoms with Crippen molar-refractivity contribution in [3.8, 4) is 0 Å². The van der Waals surface area contributed by atoms with E-state index in [1.807, 2.05) is 36.2 Å². The first-order chi connectivity index (χ1) is 7.37. The minimum Gasteiger partial charge on any atom is -0.301 e. The van der Waals surface area contributed by atoms with Crippen LogP contribution in [0.4, 0.5) is 0 Å². The van der Waals surface area contributed by atoms with Gasteiger partial charge in [0.2, 0.25) is 0 Å². The third kappa shape index (κ3) is 5.49. The molecule has 90 valence electrons. The smallest absolute Gasteiger partial charge is 0.148 e. The first-order valence-electron chi connectivity index (χ1n) is 4.97. The van der Waals surface area contributed by atoms with Crippen LogP contribution in [0, 0.1) is 0 Å². The lowest BCUT2D eigenvalue weighted by molar-refractivity contribution is 0.346. The summed E-state index contributed by atoms with van der Waals surface area (Å²) in [4.78, 5) is 1.96. The van der Waals surface area contributed by atoms with Gasteiger partial charge in [0.15, 0.2) is 0 Å². The third-order valence-electron chi connectivity index (χ3n) is 2.19. The largest absolute Gasteiger partial charge is 0.301 e. The zero-order chi connectivity index (χ0) is 12.2. The average Bonchev–Trinajstić information content (AvgIpc) is 2.14. The maximum atomic E-state index is 11.0. The average molecular weight is 262 g/mol. The molecule has 0 aliphatic rings. The lowest BCUT2D eigenvalue weighted by Gasteiger charge is -2.16. The number of rotatable bonds is 5. The second-order valence-corrected chi connectivity index (χ2v) is 6.69. The SMILES string of the molecule is CN(CCS(C)(=O)=O)Cc1cccc(Cl)c1. The quantitative estimate of drug-likeness (QED) is 0.811. The van der Waals surface area contributed by atoms with Crippen LogP contribution >= 0.6 is 11.6 Å². The third-order valence-corrected chi connectivity index (χ3v) is 3.34. The maximum absolute atomic E-state index is 11.0. The Hall–Kier alpha value is -0.580. The van der Waals surface area contributed by atoms with E-state index in [9.17, 15) is 8.42 Å². The molecule has 1 aromatic carbocycles. The molecule has 5 heteroatoms. The molecule has 0 aliphatic carbocycles. The molecular weight excluding hydrogens is 246 g/mol. The van der Waals surface area contributed by atoms with Gasteiger partial charge in [0.1, 0.15) is 9.84 Å². The number of benzene rings is 1. The van der Waals surface area contributed by atoms with E-state index in [-0.39, 0.29) is 5.75 Å². The molecule has 16 heavy (non-hydrogen) atoms. The highest BCUT2D eigenvalue weighted by atomic mass is 35.5. The standard InChI is InChI=1S/C11H16ClNO2S/c1-13(6-7-16(2,14)15)9-10-4-3-5-11(12)8-10/h3-5,8H,6-7,9H2,1-2H3. The fraction of sp³-hybridized carbons (Fsp3) is 0.455. The molecule has 0 saturated carbocycles. The molecule has 1 aromatic rings. The van der Waals surface area contributed by atoms with Crippen LogP contribution in [-0.4, -0.2) is 38.9 Å². The summed E-state index contributed by atoms with van der Waals surface area (Å²) in [6, 6.07) is 7.57. The van der Waals surface area contributed by atoms with E-state index in [2.05, 4.69) is 0 Å². The Morgan fingerprint density at radius 1 is 1.38 bits per heavy atom. The molecule has 0 radical (unpaired) electrons. The molecule has 0 unspecified atom stereocenters. The van der Waals surface area contributed by atoms with Gasteiger partial charge in [0, 0.05) is 24.4 Å². The van der Waals surface area contributed by atoms with Gasteiger partial charge in [-0.1, -0.05) is 23.7 Å². The monoisotopic (exact) mass is 261 g/mol. The molecule has 0 atom stereocenters. The van der Waals surface area contributed by atoms with Gasteiger partial charge in [-0.05, 0) is 24.7 Å². The van der Waals surface area contributed by atoms with Gasteiger partial charge < -0.3 is 4.90 Å². The number of nitrogens with zero attached hydrogens (tertiary/aromatic N) is 1. The normalized spacial score (nSPS) is 12.0. The van der Waals surface area contributed by atoms with E-state index in [1.165, 1.54) is 6.26 Å². The highest BCUT2D eigenvalue weighted by Gasteiger charge is 2.06. The van der Waals surface area contributed by atoms with E-state index in [1.54, 1.807) is 0 Å². The predicted octanol–water partition coefficient (Wildman–Crippen LogP) is 1.82. The Labute approximate surface area is 102 Å². The summed E-state index contributed by atoms with van der Waals surface area (Å²) < 4.78 is 22.0. The van der Waals surface area contributed by atoms with Crippen molar-refractivity contribution < 1.29 is 8.42 Å². The van der Waals surface area contributed by atoms with Gasteiger partial charge in [0.05, 0.1) is 5.75 Å². The summed E-state index contributed by atoms with van der Waals surface area (Å²) in [5, 5.41) is 0.703. The van der Waals surface area contributed by atoms with E-state index < -0.39 is 9.84 Å². The molecule has 0 heterocycles. The molecule has 0 bridgehead atoms. The predicted molar refractivity (Wildman–Crippen MR) is 67.5 cm³/mol. The Morgan fingerprint density at radius 3 is 2.62 bits per heavy atom. The lowest BCUT2D eigenvalue weighted by atomic mass is 10.2. The molecule has 1 rings (SSSR count). The summed E-state index contributed by atoms with van der Waals surface area (Å²) >= 11 is 5.86. The van der Waals surface area contributed by atoms with Gasteiger partial charge >= 0.3 is 0 Å². The van der Waals surface area contributed by atoms with Crippen LogP contribution in [0.1, 0.15) is 5.56 Å². The van der Waals surface area contributed by atoms with E-state index in [0.717, 1.165) is 5.56 Å². The molecule has 0 amide bonds. The van der Waals surface area contributed by atoms with Crippen molar-refractivity contribution in [2.24, 2.45) is 0 Å². The summed E-state index contributed by atoms with van der Waals surface area (Å²) in [5.74, 6) is 0.185. The van der Waals surface area contributed by atoms with Crippen molar-refractivity contribution in [1.29, 1.82) is 0 Å². The van der Waals surface area contributed by atoms with Gasteiger partial charge in [0.25, 0.3) is 0 Å². The summed E-state index contributed by atoms with van der Waals surface area (Å²) in [6.45, 7) is 1.24. The number of halogens is 1. The molecule has 0 N–H and O–H groups in total. The number of sulfone groups is 1. The van der Waals surface area contributed by atoms with E-state index >= 15 is 0 Å².